The van der Waals surface area contributed by atoms with Gasteiger partial charge in [0.05, 0.1) is 25.2 Å². The van der Waals surface area contributed by atoms with Crippen LogP contribution in [-0.4, -0.2) is 46.9 Å². The third kappa shape index (κ3) is 46.6. The van der Waals surface area contributed by atoms with E-state index in [1.807, 2.05) is 0 Å². The standard InChI is InChI=1S/C58H109NO5/c1-4-7-10-13-16-19-22-25-26-27-28-29-30-33-36-39-42-45-48-51-58(63)64-54(49-46-43-40-37-34-31-23-20-17-14-11-8-5-2)52-57(62)59-55(53-60)56(61)50-47-44-41-38-35-32-24-21-18-15-12-9-6-3/h17,20,23,25-26,31,54-56,60-61H,4-16,18-19,21-22,24,27-30,32-53H2,1-3H3,(H,59,62)/b20-17+,26-25+,31-23+. The third-order valence-electron chi connectivity index (χ3n) is 13.0. The van der Waals surface area contributed by atoms with Crippen molar-refractivity contribution in [3.05, 3.63) is 36.5 Å². The number of aliphatic hydroxyl groups excluding tert-OH is 2. The quantitative estimate of drug-likeness (QED) is 0.0245. The van der Waals surface area contributed by atoms with Gasteiger partial charge in [0.1, 0.15) is 6.10 Å². The van der Waals surface area contributed by atoms with Crippen LogP contribution in [0.5, 0.6) is 0 Å². The molecule has 1 amide bonds. The van der Waals surface area contributed by atoms with Gasteiger partial charge in [-0.15, -0.1) is 0 Å². The van der Waals surface area contributed by atoms with Gasteiger partial charge in [-0.3, -0.25) is 9.59 Å². The van der Waals surface area contributed by atoms with Crippen LogP contribution >= 0.6 is 0 Å². The van der Waals surface area contributed by atoms with Crippen molar-refractivity contribution in [3.63, 3.8) is 0 Å². The molecule has 0 radical (unpaired) electrons. The van der Waals surface area contributed by atoms with Gasteiger partial charge in [0.15, 0.2) is 0 Å². The van der Waals surface area contributed by atoms with Gasteiger partial charge in [0.2, 0.25) is 5.91 Å². The van der Waals surface area contributed by atoms with Crippen molar-refractivity contribution in [3.8, 4) is 0 Å². The number of ether oxygens (including phenoxy) is 1. The second kappa shape index (κ2) is 52.1. The summed E-state index contributed by atoms with van der Waals surface area (Å²) in [5.41, 5.74) is 0. The van der Waals surface area contributed by atoms with Crippen LogP contribution in [0.1, 0.15) is 297 Å². The molecule has 0 aliphatic carbocycles. The van der Waals surface area contributed by atoms with Crippen LogP contribution in [0.2, 0.25) is 0 Å². The number of amides is 1. The number of carbonyl (C=O) groups is 2. The largest absolute Gasteiger partial charge is 0.462 e. The highest BCUT2D eigenvalue weighted by molar-refractivity contribution is 5.77. The number of hydrogen-bond donors (Lipinski definition) is 3. The molecule has 0 aromatic heterocycles. The minimum atomic E-state index is -0.792. The molecule has 3 atom stereocenters. The first-order valence-electron chi connectivity index (χ1n) is 28.2. The zero-order chi connectivity index (χ0) is 46.7. The molecule has 6 heteroatoms. The van der Waals surface area contributed by atoms with Gasteiger partial charge in [0, 0.05) is 6.42 Å². The summed E-state index contributed by atoms with van der Waals surface area (Å²) in [7, 11) is 0. The van der Waals surface area contributed by atoms with Crippen molar-refractivity contribution >= 4 is 11.9 Å². The van der Waals surface area contributed by atoms with Crippen molar-refractivity contribution in [1.29, 1.82) is 0 Å². The molecule has 0 heterocycles. The molecule has 0 bridgehead atoms. The molecule has 3 unspecified atom stereocenters. The van der Waals surface area contributed by atoms with Crippen LogP contribution < -0.4 is 5.32 Å². The summed E-state index contributed by atoms with van der Waals surface area (Å²) < 4.78 is 5.95. The van der Waals surface area contributed by atoms with Gasteiger partial charge < -0.3 is 20.3 Å². The van der Waals surface area contributed by atoms with Crippen LogP contribution in [0.25, 0.3) is 0 Å². The first kappa shape index (κ1) is 62.1. The van der Waals surface area contributed by atoms with E-state index in [2.05, 4.69) is 62.5 Å². The van der Waals surface area contributed by atoms with E-state index < -0.39 is 18.2 Å². The molecule has 6 nitrogen and oxygen atoms in total. The average molecular weight is 901 g/mol. The number of aliphatic hydroxyl groups is 2. The van der Waals surface area contributed by atoms with E-state index in [0.29, 0.717) is 19.3 Å². The van der Waals surface area contributed by atoms with Crippen LogP contribution in [0.4, 0.5) is 0 Å². The molecule has 0 aromatic rings. The second-order valence-electron chi connectivity index (χ2n) is 19.4. The lowest BCUT2D eigenvalue weighted by Gasteiger charge is -2.24. The van der Waals surface area contributed by atoms with Crippen molar-refractivity contribution in [1.82, 2.24) is 5.32 Å². The molecule has 0 saturated heterocycles. The van der Waals surface area contributed by atoms with Gasteiger partial charge in [0.25, 0.3) is 0 Å². The highest BCUT2D eigenvalue weighted by Gasteiger charge is 2.24. The molecule has 0 rings (SSSR count). The average Bonchev–Trinajstić information content (AvgIpc) is 3.29. The van der Waals surface area contributed by atoms with Crippen molar-refractivity contribution in [2.45, 2.75) is 315 Å². The van der Waals surface area contributed by atoms with E-state index in [9.17, 15) is 19.8 Å². The molecule has 0 saturated carbocycles. The van der Waals surface area contributed by atoms with Crippen LogP contribution in [-0.2, 0) is 14.3 Å². The molecule has 0 aliphatic heterocycles. The number of hydrogen-bond acceptors (Lipinski definition) is 5. The number of nitrogens with one attached hydrogen (secondary N) is 1. The van der Waals surface area contributed by atoms with Crippen LogP contribution in [0, 0.1) is 0 Å². The summed E-state index contributed by atoms with van der Waals surface area (Å²) in [5.74, 6) is -0.484. The van der Waals surface area contributed by atoms with Gasteiger partial charge in [-0.25, -0.2) is 0 Å². The minimum absolute atomic E-state index is 0.0660. The molecule has 0 aromatic carbocycles. The number of unbranched alkanes of at least 4 members (excludes halogenated alkanes) is 34. The Kier molecular flexibility index (Phi) is 50.5. The van der Waals surface area contributed by atoms with Crippen LogP contribution in [0.15, 0.2) is 36.5 Å². The van der Waals surface area contributed by atoms with E-state index in [4.69, 9.17) is 4.74 Å². The van der Waals surface area contributed by atoms with Crippen molar-refractivity contribution in [2.24, 2.45) is 0 Å². The van der Waals surface area contributed by atoms with E-state index in [0.717, 1.165) is 77.0 Å². The Morgan fingerprint density at radius 2 is 0.797 bits per heavy atom. The molecule has 376 valence electrons. The highest BCUT2D eigenvalue weighted by Crippen LogP contribution is 2.18. The summed E-state index contributed by atoms with van der Waals surface area (Å²) in [6, 6.07) is -0.706. The monoisotopic (exact) mass is 900 g/mol. The van der Waals surface area contributed by atoms with Crippen LogP contribution in [0.3, 0.4) is 0 Å². The molecule has 0 aliphatic rings. The second-order valence-corrected chi connectivity index (χ2v) is 19.4. The highest BCUT2D eigenvalue weighted by atomic mass is 16.5. The zero-order valence-corrected chi connectivity index (χ0v) is 42.9. The summed E-state index contributed by atoms with van der Waals surface area (Å²) in [4.78, 5) is 26.2. The predicted octanol–water partition coefficient (Wildman–Crippen LogP) is 17.2. The fraction of sp³-hybridized carbons (Fsp3) is 0.862. The van der Waals surface area contributed by atoms with Crippen molar-refractivity contribution < 1.29 is 24.5 Å². The summed E-state index contributed by atoms with van der Waals surface area (Å²) in [5, 5.41) is 23.8. The smallest absolute Gasteiger partial charge is 0.306 e. The SMILES string of the molecule is CCCCC/C=C/C=C/CCCCCCC(CC(=O)NC(CO)C(O)CCCCCCCCCCCCCCC)OC(=O)CCCCCCCCCCC/C=C/CCCCCCCC. The lowest BCUT2D eigenvalue weighted by Crippen LogP contribution is -2.46. The Labute approximate surface area is 398 Å². The van der Waals surface area contributed by atoms with Gasteiger partial charge in [-0.05, 0) is 77.0 Å². The number of esters is 1. The Morgan fingerprint density at radius 1 is 0.453 bits per heavy atom. The molecule has 0 fully saturated rings. The van der Waals surface area contributed by atoms with Gasteiger partial charge >= 0.3 is 5.97 Å². The summed E-state index contributed by atoms with van der Waals surface area (Å²) in [6.07, 6.45) is 62.1. The molecular formula is C58H109NO5. The number of carbonyl (C=O) groups excluding carboxylic acids is 2. The molecule has 64 heavy (non-hydrogen) atoms. The first-order chi connectivity index (χ1) is 31.5. The van der Waals surface area contributed by atoms with Crippen molar-refractivity contribution in [2.75, 3.05) is 6.61 Å². The molecular weight excluding hydrogens is 791 g/mol. The minimum Gasteiger partial charge on any atom is -0.462 e. The Bertz CT molecular complexity index is 1060. The maximum absolute atomic E-state index is 13.2. The maximum atomic E-state index is 13.2. The lowest BCUT2D eigenvalue weighted by molar-refractivity contribution is -0.151. The fourth-order valence-electron chi connectivity index (χ4n) is 8.65. The summed E-state index contributed by atoms with van der Waals surface area (Å²) >= 11 is 0. The van der Waals surface area contributed by atoms with E-state index in [-0.39, 0.29) is 24.9 Å². The lowest BCUT2D eigenvalue weighted by atomic mass is 10.0. The van der Waals surface area contributed by atoms with E-state index in [1.165, 1.54) is 173 Å². The maximum Gasteiger partial charge on any atom is 0.306 e. The Balaban J connectivity index is 4.52. The third-order valence-corrected chi connectivity index (χ3v) is 13.0. The molecule has 3 N–H and O–H groups in total. The Morgan fingerprint density at radius 3 is 1.23 bits per heavy atom. The van der Waals surface area contributed by atoms with E-state index in [1.54, 1.807) is 0 Å². The Hall–Kier alpha value is -1.92. The van der Waals surface area contributed by atoms with Gasteiger partial charge in [-0.1, -0.05) is 243 Å². The normalized spacial score (nSPS) is 13.4. The first-order valence-corrected chi connectivity index (χ1v) is 28.2. The number of allylic oxidation sites excluding steroid dienone is 6. The topological polar surface area (TPSA) is 95.9 Å². The summed E-state index contributed by atoms with van der Waals surface area (Å²) in [6.45, 7) is 6.47. The van der Waals surface area contributed by atoms with Gasteiger partial charge in [-0.2, -0.15) is 0 Å². The van der Waals surface area contributed by atoms with E-state index >= 15 is 0 Å². The predicted molar refractivity (Wildman–Crippen MR) is 278 cm³/mol. The zero-order valence-electron chi connectivity index (χ0n) is 42.9. The number of rotatable bonds is 51. The fourth-order valence-corrected chi connectivity index (χ4v) is 8.65. The molecule has 0 spiro atoms.